The molecule has 1 N–H and O–H groups in total. The van der Waals surface area contributed by atoms with Crippen molar-refractivity contribution in [3.05, 3.63) is 41.1 Å². The summed E-state index contributed by atoms with van der Waals surface area (Å²) in [6, 6.07) is 8.99. The molecule has 4 heteroatoms. The number of hydrogen-bond donors (Lipinski definition) is 1. The first-order valence-electron chi connectivity index (χ1n) is 8.71. The Bertz CT molecular complexity index is 714. The quantitative estimate of drug-likeness (QED) is 0.880. The molecule has 4 nitrogen and oxygen atoms in total. The van der Waals surface area contributed by atoms with Gasteiger partial charge in [0.2, 0.25) is 0 Å². The van der Waals surface area contributed by atoms with Gasteiger partial charge in [-0.3, -0.25) is 14.7 Å². The van der Waals surface area contributed by atoms with Crippen molar-refractivity contribution in [1.29, 1.82) is 0 Å². The second kappa shape index (κ2) is 7.75. The maximum absolute atomic E-state index is 12.5. The average Bonchev–Trinajstić information content (AvgIpc) is 2.50. The molecular formula is C20H29N3O. The number of rotatable bonds is 6. The highest BCUT2D eigenvalue weighted by Crippen LogP contribution is 2.18. The van der Waals surface area contributed by atoms with Crippen LogP contribution in [0.4, 0.5) is 0 Å². The zero-order chi connectivity index (χ0) is 17.9. The van der Waals surface area contributed by atoms with Gasteiger partial charge in [-0.05, 0) is 59.7 Å². The highest BCUT2D eigenvalue weighted by molar-refractivity contribution is 5.98. The molecule has 0 aliphatic carbocycles. The van der Waals surface area contributed by atoms with Crippen LogP contribution in [0.1, 0.15) is 49.3 Å². The number of amides is 1. The smallest absolute Gasteiger partial charge is 0.253 e. The van der Waals surface area contributed by atoms with E-state index in [1.165, 1.54) is 5.56 Å². The molecule has 2 rings (SSSR count). The van der Waals surface area contributed by atoms with Gasteiger partial charge in [0.1, 0.15) is 0 Å². The molecule has 0 saturated carbocycles. The van der Waals surface area contributed by atoms with Gasteiger partial charge < -0.3 is 5.32 Å². The van der Waals surface area contributed by atoms with Crippen LogP contribution in [-0.4, -0.2) is 41.0 Å². The fourth-order valence-electron chi connectivity index (χ4n) is 3.13. The first-order valence-corrected chi connectivity index (χ1v) is 8.71. The summed E-state index contributed by atoms with van der Waals surface area (Å²) in [5.74, 6) is -0.0455. The average molecular weight is 327 g/mol. The van der Waals surface area contributed by atoms with Crippen LogP contribution in [0, 0.1) is 13.8 Å². The number of carbonyl (C=O) groups is 1. The lowest BCUT2D eigenvalue weighted by molar-refractivity contribution is 0.0938. The van der Waals surface area contributed by atoms with Crippen molar-refractivity contribution >= 4 is 16.8 Å². The molecule has 0 fully saturated rings. The van der Waals surface area contributed by atoms with Crippen LogP contribution < -0.4 is 5.32 Å². The van der Waals surface area contributed by atoms with Crippen molar-refractivity contribution in [2.24, 2.45) is 0 Å². The predicted molar refractivity (Wildman–Crippen MR) is 101 cm³/mol. The number of hydrogen-bond acceptors (Lipinski definition) is 3. The minimum Gasteiger partial charge on any atom is -0.351 e. The molecule has 0 radical (unpaired) electrons. The second-order valence-corrected chi connectivity index (χ2v) is 7.00. The molecule has 1 aromatic heterocycles. The van der Waals surface area contributed by atoms with Gasteiger partial charge in [-0.2, -0.15) is 0 Å². The van der Waals surface area contributed by atoms with Gasteiger partial charge >= 0.3 is 0 Å². The summed E-state index contributed by atoms with van der Waals surface area (Å²) in [5.41, 5.74) is 3.53. The Morgan fingerprint density at radius 2 is 1.79 bits per heavy atom. The topological polar surface area (TPSA) is 45.2 Å². The van der Waals surface area contributed by atoms with Crippen LogP contribution in [0.2, 0.25) is 0 Å². The third-order valence-electron chi connectivity index (χ3n) is 4.39. The molecule has 130 valence electrons. The minimum absolute atomic E-state index is 0.0455. The van der Waals surface area contributed by atoms with Gasteiger partial charge in [0.05, 0.1) is 16.8 Å². The van der Waals surface area contributed by atoms with Crippen molar-refractivity contribution in [1.82, 2.24) is 15.2 Å². The summed E-state index contributed by atoms with van der Waals surface area (Å²) < 4.78 is 0. The van der Waals surface area contributed by atoms with Crippen LogP contribution in [0.25, 0.3) is 10.9 Å². The van der Waals surface area contributed by atoms with Crippen molar-refractivity contribution < 1.29 is 4.79 Å². The molecule has 1 aromatic carbocycles. The summed E-state index contributed by atoms with van der Waals surface area (Å²) >= 11 is 0. The van der Waals surface area contributed by atoms with Crippen molar-refractivity contribution in [3.63, 3.8) is 0 Å². The number of fused-ring (bicyclic) bond motifs is 1. The molecule has 0 unspecified atom stereocenters. The van der Waals surface area contributed by atoms with E-state index in [9.17, 15) is 4.79 Å². The molecule has 0 spiro atoms. The maximum atomic E-state index is 12.5. The summed E-state index contributed by atoms with van der Waals surface area (Å²) in [5, 5.41) is 4.05. The lowest BCUT2D eigenvalue weighted by Gasteiger charge is -2.30. The number of aromatic nitrogens is 1. The number of carbonyl (C=O) groups excluding carboxylic acids is 1. The summed E-state index contributed by atoms with van der Waals surface area (Å²) in [6.07, 6.45) is 0. The summed E-state index contributed by atoms with van der Waals surface area (Å²) in [7, 11) is 0. The summed E-state index contributed by atoms with van der Waals surface area (Å²) in [4.78, 5) is 19.5. The normalized spacial score (nSPS) is 11.7. The summed E-state index contributed by atoms with van der Waals surface area (Å²) in [6.45, 7) is 14.2. The Morgan fingerprint density at radius 3 is 2.42 bits per heavy atom. The minimum atomic E-state index is -0.0455. The van der Waals surface area contributed by atoms with Gasteiger partial charge in [-0.25, -0.2) is 0 Å². The molecule has 1 heterocycles. The molecule has 0 aliphatic rings. The van der Waals surface area contributed by atoms with Crippen molar-refractivity contribution in [2.45, 2.75) is 53.6 Å². The fraction of sp³-hybridized carbons (Fsp3) is 0.500. The van der Waals surface area contributed by atoms with Gasteiger partial charge in [0, 0.05) is 30.6 Å². The zero-order valence-corrected chi connectivity index (χ0v) is 15.7. The third-order valence-corrected chi connectivity index (χ3v) is 4.39. The standard InChI is InChI=1S/C20H29N3O/c1-13(2)23(14(3)4)10-9-21-20(24)18-12-17-11-15(5)7-8-19(17)22-16(18)6/h7-8,11-14H,9-10H2,1-6H3,(H,21,24). The van der Waals surface area contributed by atoms with Crippen LogP contribution in [0.5, 0.6) is 0 Å². The number of nitrogens with zero attached hydrogens (tertiary/aromatic N) is 2. The number of benzene rings is 1. The lowest BCUT2D eigenvalue weighted by atomic mass is 10.1. The maximum Gasteiger partial charge on any atom is 0.253 e. The van der Waals surface area contributed by atoms with Crippen LogP contribution in [0.15, 0.2) is 24.3 Å². The third kappa shape index (κ3) is 4.32. The second-order valence-electron chi connectivity index (χ2n) is 7.00. The molecule has 0 saturated heterocycles. The van der Waals surface area contributed by atoms with Crippen molar-refractivity contribution in [2.75, 3.05) is 13.1 Å². The molecule has 0 aliphatic heterocycles. The predicted octanol–water partition coefficient (Wildman–Crippen LogP) is 3.70. The molecule has 0 bridgehead atoms. The van der Waals surface area contributed by atoms with Gasteiger partial charge in [0.25, 0.3) is 5.91 Å². The van der Waals surface area contributed by atoms with E-state index in [-0.39, 0.29) is 5.91 Å². The SMILES string of the molecule is Cc1ccc2nc(C)c(C(=O)NCCN(C(C)C)C(C)C)cc2c1. The van der Waals surface area contributed by atoms with Gasteiger partial charge in [-0.1, -0.05) is 11.6 Å². The van der Waals surface area contributed by atoms with E-state index in [4.69, 9.17) is 0 Å². The van der Waals surface area contributed by atoms with Gasteiger partial charge in [-0.15, -0.1) is 0 Å². The van der Waals surface area contributed by atoms with E-state index >= 15 is 0 Å². The number of aryl methyl sites for hydroxylation is 2. The molecule has 0 atom stereocenters. The highest BCUT2D eigenvalue weighted by Gasteiger charge is 2.15. The van der Waals surface area contributed by atoms with Crippen LogP contribution >= 0.6 is 0 Å². The lowest BCUT2D eigenvalue weighted by Crippen LogP contribution is -2.42. The molecule has 24 heavy (non-hydrogen) atoms. The molecule has 1 amide bonds. The highest BCUT2D eigenvalue weighted by atomic mass is 16.1. The first kappa shape index (κ1) is 18.4. The van der Waals surface area contributed by atoms with Crippen molar-refractivity contribution in [3.8, 4) is 0 Å². The molecule has 2 aromatic rings. The number of nitrogens with one attached hydrogen (secondary N) is 1. The Kier molecular flexibility index (Phi) is 5.94. The Morgan fingerprint density at radius 1 is 1.12 bits per heavy atom. The Labute approximate surface area is 145 Å². The monoisotopic (exact) mass is 327 g/mol. The van der Waals surface area contributed by atoms with E-state index < -0.39 is 0 Å². The van der Waals surface area contributed by atoms with Gasteiger partial charge in [0.15, 0.2) is 0 Å². The van der Waals surface area contributed by atoms with E-state index in [1.807, 2.05) is 32.0 Å². The van der Waals surface area contributed by atoms with E-state index in [1.54, 1.807) is 0 Å². The zero-order valence-electron chi connectivity index (χ0n) is 15.7. The number of pyridine rings is 1. The van der Waals surface area contributed by atoms with E-state index in [0.29, 0.717) is 24.2 Å². The fourth-order valence-corrected chi connectivity index (χ4v) is 3.13. The van der Waals surface area contributed by atoms with E-state index in [0.717, 1.165) is 23.1 Å². The van der Waals surface area contributed by atoms with E-state index in [2.05, 4.69) is 49.0 Å². The Hall–Kier alpha value is -1.94. The molecular weight excluding hydrogens is 298 g/mol. The Balaban J connectivity index is 2.09. The van der Waals surface area contributed by atoms with Crippen LogP contribution in [0.3, 0.4) is 0 Å². The largest absolute Gasteiger partial charge is 0.351 e. The first-order chi connectivity index (χ1) is 11.3. The van der Waals surface area contributed by atoms with Crippen LogP contribution in [-0.2, 0) is 0 Å².